The molecule has 0 radical (unpaired) electrons. The predicted octanol–water partition coefficient (Wildman–Crippen LogP) is 4.85. The van der Waals surface area contributed by atoms with Crippen LogP contribution in [-0.4, -0.2) is 4.98 Å². The molecule has 0 N–H and O–H groups in total. The van der Waals surface area contributed by atoms with E-state index in [2.05, 4.69) is 4.98 Å². The van der Waals surface area contributed by atoms with Gasteiger partial charge in [-0.15, -0.1) is 0 Å². The summed E-state index contributed by atoms with van der Waals surface area (Å²) in [4.78, 5) is 3.71. The average Bonchev–Trinajstić information content (AvgIpc) is 2.23. The maximum atomic E-state index is 13.1. The minimum absolute atomic E-state index is 0.163. The molecule has 0 spiro atoms. The summed E-state index contributed by atoms with van der Waals surface area (Å²) in [6.07, 6.45) is 1.04. The molecule has 0 atom stereocenters. The van der Waals surface area contributed by atoms with Crippen LogP contribution < -0.4 is 0 Å². The van der Waals surface area contributed by atoms with Gasteiger partial charge < -0.3 is 0 Å². The van der Waals surface area contributed by atoms with E-state index < -0.39 is 5.82 Å². The van der Waals surface area contributed by atoms with Crippen molar-refractivity contribution in [2.45, 2.75) is 0 Å². The molecule has 0 aliphatic heterocycles. The zero-order valence-corrected chi connectivity index (χ0v) is 10.1. The highest BCUT2D eigenvalue weighted by molar-refractivity contribution is 6.40. The Labute approximate surface area is 107 Å². The van der Waals surface area contributed by atoms with Gasteiger partial charge in [-0.2, -0.15) is 0 Å². The average molecular weight is 277 g/mol. The molecule has 0 saturated carbocycles. The predicted molar refractivity (Wildman–Crippen MR) is 64.7 cm³/mol. The summed E-state index contributed by atoms with van der Waals surface area (Å²) in [6, 6.07) is 6.27. The lowest BCUT2D eigenvalue weighted by Crippen LogP contribution is -1.88. The van der Waals surface area contributed by atoms with E-state index in [1.165, 1.54) is 6.07 Å². The van der Waals surface area contributed by atoms with Gasteiger partial charge in [-0.1, -0.05) is 40.9 Å². The van der Waals surface area contributed by atoms with Gasteiger partial charge in [0, 0.05) is 11.1 Å². The molecule has 1 aromatic carbocycles. The first-order valence-corrected chi connectivity index (χ1v) is 5.48. The van der Waals surface area contributed by atoms with Crippen molar-refractivity contribution in [1.29, 1.82) is 0 Å². The van der Waals surface area contributed by atoms with Crippen LogP contribution in [0.3, 0.4) is 0 Å². The lowest BCUT2D eigenvalue weighted by atomic mass is 10.1. The van der Waals surface area contributed by atoms with Gasteiger partial charge in [0.05, 0.1) is 16.2 Å². The molecule has 0 amide bonds. The number of halogens is 4. The molecule has 1 aromatic heterocycles. The second-order valence-electron chi connectivity index (χ2n) is 3.09. The summed E-state index contributed by atoms with van der Waals surface area (Å²) in [6.45, 7) is 0. The van der Waals surface area contributed by atoms with Gasteiger partial charge in [0.2, 0.25) is 0 Å². The van der Waals surface area contributed by atoms with Crippen LogP contribution in [0.1, 0.15) is 0 Å². The zero-order chi connectivity index (χ0) is 11.7. The third-order valence-corrected chi connectivity index (χ3v) is 2.97. The van der Waals surface area contributed by atoms with E-state index in [9.17, 15) is 4.39 Å². The Kier molecular flexibility index (Phi) is 3.33. The van der Waals surface area contributed by atoms with Gasteiger partial charge in [0.1, 0.15) is 11.0 Å². The number of rotatable bonds is 1. The molecule has 0 fully saturated rings. The van der Waals surface area contributed by atoms with Crippen LogP contribution in [0.2, 0.25) is 15.2 Å². The van der Waals surface area contributed by atoms with Crippen molar-refractivity contribution in [1.82, 2.24) is 4.98 Å². The van der Waals surface area contributed by atoms with Crippen LogP contribution in [0.15, 0.2) is 30.5 Å². The Balaban J connectivity index is 2.72. The van der Waals surface area contributed by atoms with Crippen molar-refractivity contribution < 1.29 is 4.39 Å². The number of nitrogens with zero attached hydrogens (tertiary/aromatic N) is 1. The molecule has 0 aliphatic carbocycles. The highest BCUT2D eigenvalue weighted by atomic mass is 35.5. The Hall–Kier alpha value is -0.830. The number of hydrogen-bond acceptors (Lipinski definition) is 1. The summed E-state index contributed by atoms with van der Waals surface area (Å²) < 4.78 is 13.1. The van der Waals surface area contributed by atoms with E-state index in [1.807, 2.05) is 0 Å². The van der Waals surface area contributed by atoms with Gasteiger partial charge in [0.15, 0.2) is 0 Å². The van der Waals surface area contributed by atoms with Crippen LogP contribution in [0.4, 0.5) is 4.39 Å². The van der Waals surface area contributed by atoms with Gasteiger partial charge in [0.25, 0.3) is 0 Å². The van der Waals surface area contributed by atoms with E-state index in [0.717, 1.165) is 6.20 Å². The molecule has 2 rings (SSSR count). The number of hydrogen-bond donors (Lipinski definition) is 0. The molecular weight excluding hydrogens is 271 g/mol. The van der Waals surface area contributed by atoms with E-state index >= 15 is 0 Å². The second kappa shape index (κ2) is 4.58. The molecule has 1 heterocycles. The highest BCUT2D eigenvalue weighted by Crippen LogP contribution is 2.37. The van der Waals surface area contributed by atoms with Crippen molar-refractivity contribution in [3.63, 3.8) is 0 Å². The lowest BCUT2D eigenvalue weighted by Gasteiger charge is -2.08. The van der Waals surface area contributed by atoms with E-state index in [-0.39, 0.29) is 5.15 Å². The lowest BCUT2D eigenvalue weighted by molar-refractivity contribution is 0.622. The van der Waals surface area contributed by atoms with E-state index in [0.29, 0.717) is 21.2 Å². The number of benzene rings is 1. The Morgan fingerprint density at radius 3 is 2.31 bits per heavy atom. The SMILES string of the molecule is Fc1cnc(Cl)c(-c2c(Cl)cccc2Cl)c1. The molecule has 82 valence electrons. The van der Waals surface area contributed by atoms with Gasteiger partial charge in [-0.05, 0) is 18.2 Å². The molecule has 0 unspecified atom stereocenters. The maximum Gasteiger partial charge on any atom is 0.142 e. The Morgan fingerprint density at radius 2 is 1.69 bits per heavy atom. The quantitative estimate of drug-likeness (QED) is 0.679. The fourth-order valence-corrected chi connectivity index (χ4v) is 2.15. The van der Waals surface area contributed by atoms with Crippen LogP contribution >= 0.6 is 34.8 Å². The van der Waals surface area contributed by atoms with Gasteiger partial charge in [-0.25, -0.2) is 9.37 Å². The summed E-state index contributed by atoms with van der Waals surface area (Å²) in [5.41, 5.74) is 0.875. The largest absolute Gasteiger partial charge is 0.241 e. The van der Waals surface area contributed by atoms with Crippen molar-refractivity contribution in [2.24, 2.45) is 0 Å². The molecule has 1 nitrogen and oxygen atoms in total. The molecule has 2 aromatic rings. The molecule has 0 bridgehead atoms. The first-order chi connectivity index (χ1) is 7.59. The third-order valence-electron chi connectivity index (χ3n) is 2.04. The Bertz CT molecular complexity index is 522. The second-order valence-corrected chi connectivity index (χ2v) is 4.26. The molecule has 16 heavy (non-hydrogen) atoms. The van der Waals surface area contributed by atoms with Crippen molar-refractivity contribution in [2.75, 3.05) is 0 Å². The first-order valence-electron chi connectivity index (χ1n) is 4.35. The first kappa shape index (κ1) is 11.6. The van der Waals surface area contributed by atoms with E-state index in [4.69, 9.17) is 34.8 Å². The van der Waals surface area contributed by atoms with Crippen molar-refractivity contribution in [3.8, 4) is 11.1 Å². The van der Waals surface area contributed by atoms with Crippen LogP contribution in [0.25, 0.3) is 11.1 Å². The summed E-state index contributed by atoms with van der Waals surface area (Å²) in [5.74, 6) is -0.490. The Morgan fingerprint density at radius 1 is 1.06 bits per heavy atom. The van der Waals surface area contributed by atoms with Crippen molar-refractivity contribution in [3.05, 3.63) is 51.5 Å². The smallest absolute Gasteiger partial charge is 0.142 e. The summed E-state index contributed by atoms with van der Waals surface area (Å²) in [5, 5.41) is 0.972. The number of aromatic nitrogens is 1. The topological polar surface area (TPSA) is 12.9 Å². The monoisotopic (exact) mass is 275 g/mol. The zero-order valence-electron chi connectivity index (χ0n) is 7.85. The molecule has 0 aliphatic rings. The van der Waals surface area contributed by atoms with Gasteiger partial charge >= 0.3 is 0 Å². The molecule has 5 heteroatoms. The minimum atomic E-state index is -0.490. The summed E-state index contributed by atoms with van der Waals surface area (Å²) in [7, 11) is 0. The van der Waals surface area contributed by atoms with Gasteiger partial charge in [-0.3, -0.25) is 0 Å². The third kappa shape index (κ3) is 2.14. The minimum Gasteiger partial charge on any atom is -0.241 e. The fourth-order valence-electron chi connectivity index (χ4n) is 1.35. The van der Waals surface area contributed by atoms with Crippen molar-refractivity contribution >= 4 is 34.8 Å². The van der Waals surface area contributed by atoms with Crippen LogP contribution in [0.5, 0.6) is 0 Å². The highest BCUT2D eigenvalue weighted by Gasteiger charge is 2.13. The van der Waals surface area contributed by atoms with Crippen LogP contribution in [-0.2, 0) is 0 Å². The fraction of sp³-hybridized carbons (Fsp3) is 0. The number of pyridine rings is 1. The maximum absolute atomic E-state index is 13.1. The van der Waals surface area contributed by atoms with E-state index in [1.54, 1.807) is 18.2 Å². The molecular formula is C11H5Cl3FN. The molecule has 0 saturated heterocycles. The summed E-state index contributed by atoms with van der Waals surface area (Å²) >= 11 is 17.9. The standard InChI is InChI=1S/C11H5Cl3FN/c12-8-2-1-3-9(13)10(8)7-4-6(15)5-16-11(7)14/h1-5H. The normalized spacial score (nSPS) is 10.5. The van der Waals surface area contributed by atoms with Crippen LogP contribution in [0, 0.1) is 5.82 Å².